The lowest BCUT2D eigenvalue weighted by Gasteiger charge is -2.38. The minimum absolute atomic E-state index is 0.163. The van der Waals surface area contributed by atoms with Crippen LogP contribution in [0.2, 0.25) is 0 Å². The smallest absolute Gasteiger partial charge is 0.151 e. The molecule has 3 nitrogen and oxygen atoms in total. The Morgan fingerprint density at radius 3 is 2.22 bits per heavy atom. The Labute approximate surface area is 54.6 Å². The zero-order chi connectivity index (χ0) is 6.91. The van der Waals surface area contributed by atoms with Crippen molar-refractivity contribution in [3.05, 3.63) is 0 Å². The summed E-state index contributed by atoms with van der Waals surface area (Å²) in [6, 6.07) is 0. The molecular formula is C6H12N2O. The molecule has 3 N–H and O–H groups in total. The van der Waals surface area contributed by atoms with E-state index < -0.39 is 0 Å². The van der Waals surface area contributed by atoms with E-state index in [2.05, 4.69) is 5.43 Å². The normalized spacial score (nSPS) is 22.9. The minimum atomic E-state index is -0.347. The lowest BCUT2D eigenvalue weighted by molar-refractivity contribution is -0.126. The topological polar surface area (TPSA) is 55.1 Å². The predicted octanol–water partition coefficient (Wildman–Crippen LogP) is -0.0386. The summed E-state index contributed by atoms with van der Waals surface area (Å²) in [7, 11) is 0. The van der Waals surface area contributed by atoms with Crippen molar-refractivity contribution in [2.75, 3.05) is 0 Å². The van der Waals surface area contributed by atoms with Crippen LogP contribution in [0, 0.1) is 0 Å². The number of hydrogen-bond acceptors (Lipinski definition) is 3. The Morgan fingerprint density at radius 1 is 1.67 bits per heavy atom. The number of rotatable bonds is 2. The number of ketones is 1. The van der Waals surface area contributed by atoms with Gasteiger partial charge in [0.05, 0.1) is 5.54 Å². The standard InChI is InChI=1S/C6H12N2O/c1-5(9)6(8-7)3-2-4-6/h8H,2-4,7H2,1H3. The van der Waals surface area contributed by atoms with E-state index in [1.807, 2.05) is 0 Å². The van der Waals surface area contributed by atoms with Gasteiger partial charge in [-0.3, -0.25) is 10.6 Å². The maximum absolute atomic E-state index is 10.8. The summed E-state index contributed by atoms with van der Waals surface area (Å²) in [6.45, 7) is 1.58. The van der Waals surface area contributed by atoms with Gasteiger partial charge in [-0.15, -0.1) is 0 Å². The highest BCUT2D eigenvalue weighted by molar-refractivity contribution is 5.86. The van der Waals surface area contributed by atoms with Crippen molar-refractivity contribution >= 4 is 5.78 Å². The molecular weight excluding hydrogens is 116 g/mol. The third-order valence-electron chi connectivity index (χ3n) is 2.16. The van der Waals surface area contributed by atoms with Gasteiger partial charge in [-0.25, -0.2) is 5.43 Å². The van der Waals surface area contributed by atoms with Crippen molar-refractivity contribution in [2.24, 2.45) is 5.84 Å². The van der Waals surface area contributed by atoms with E-state index in [1.165, 1.54) is 0 Å². The SMILES string of the molecule is CC(=O)C1(NN)CCC1. The third-order valence-corrected chi connectivity index (χ3v) is 2.16. The molecule has 0 spiro atoms. The maximum Gasteiger partial charge on any atom is 0.151 e. The summed E-state index contributed by atoms with van der Waals surface area (Å²) in [5.41, 5.74) is 2.22. The summed E-state index contributed by atoms with van der Waals surface area (Å²) in [5.74, 6) is 5.36. The average Bonchev–Trinajstić information content (AvgIpc) is 1.62. The Balaban J connectivity index is 2.57. The zero-order valence-corrected chi connectivity index (χ0v) is 5.61. The summed E-state index contributed by atoms with van der Waals surface area (Å²) in [4.78, 5) is 10.8. The molecule has 1 aliphatic rings. The van der Waals surface area contributed by atoms with E-state index in [9.17, 15) is 4.79 Å². The number of hydrazine groups is 1. The van der Waals surface area contributed by atoms with E-state index in [0.717, 1.165) is 19.3 Å². The molecule has 0 heterocycles. The molecule has 0 aromatic rings. The molecule has 0 saturated heterocycles. The second-order valence-electron chi connectivity index (χ2n) is 2.64. The molecule has 0 aromatic carbocycles. The van der Waals surface area contributed by atoms with Gasteiger partial charge in [0, 0.05) is 0 Å². The van der Waals surface area contributed by atoms with Gasteiger partial charge in [0.2, 0.25) is 0 Å². The number of hydrogen-bond donors (Lipinski definition) is 2. The first-order valence-corrected chi connectivity index (χ1v) is 3.20. The van der Waals surface area contributed by atoms with Crippen molar-refractivity contribution in [3.8, 4) is 0 Å². The Bertz CT molecular complexity index is 124. The third kappa shape index (κ3) is 0.862. The highest BCUT2D eigenvalue weighted by Crippen LogP contribution is 2.31. The van der Waals surface area contributed by atoms with Crippen molar-refractivity contribution in [2.45, 2.75) is 31.7 Å². The van der Waals surface area contributed by atoms with Gasteiger partial charge < -0.3 is 0 Å². The number of carbonyl (C=O) groups excluding carboxylic acids is 1. The largest absolute Gasteiger partial charge is 0.298 e. The van der Waals surface area contributed by atoms with Crippen molar-refractivity contribution < 1.29 is 4.79 Å². The van der Waals surface area contributed by atoms with Gasteiger partial charge in [-0.05, 0) is 26.2 Å². The summed E-state index contributed by atoms with van der Waals surface area (Å²) in [6.07, 6.45) is 2.92. The first kappa shape index (κ1) is 6.71. The van der Waals surface area contributed by atoms with E-state index >= 15 is 0 Å². The molecule has 0 aromatic heterocycles. The number of Topliss-reactive ketones (excluding diaryl/α,β-unsaturated/α-hetero) is 1. The molecule has 0 aliphatic heterocycles. The molecule has 1 saturated carbocycles. The van der Waals surface area contributed by atoms with Gasteiger partial charge in [0.25, 0.3) is 0 Å². The average molecular weight is 128 g/mol. The molecule has 0 radical (unpaired) electrons. The zero-order valence-electron chi connectivity index (χ0n) is 5.61. The van der Waals surface area contributed by atoms with Gasteiger partial charge >= 0.3 is 0 Å². The molecule has 3 heteroatoms. The van der Waals surface area contributed by atoms with Crippen LogP contribution in [0.5, 0.6) is 0 Å². The molecule has 1 aliphatic carbocycles. The molecule has 0 amide bonds. The first-order chi connectivity index (χ1) is 4.21. The highest BCUT2D eigenvalue weighted by atomic mass is 16.1. The number of nitrogens with one attached hydrogen (secondary N) is 1. The van der Waals surface area contributed by atoms with E-state index in [0.29, 0.717) is 0 Å². The highest BCUT2D eigenvalue weighted by Gasteiger charge is 2.40. The van der Waals surface area contributed by atoms with E-state index in [4.69, 9.17) is 5.84 Å². The summed E-state index contributed by atoms with van der Waals surface area (Å²) < 4.78 is 0. The van der Waals surface area contributed by atoms with Crippen LogP contribution in [0.15, 0.2) is 0 Å². The molecule has 52 valence electrons. The molecule has 0 atom stereocenters. The Morgan fingerprint density at radius 2 is 2.22 bits per heavy atom. The molecule has 1 fully saturated rings. The van der Waals surface area contributed by atoms with Crippen LogP contribution < -0.4 is 11.3 Å². The van der Waals surface area contributed by atoms with Gasteiger partial charge in [0.15, 0.2) is 5.78 Å². The van der Waals surface area contributed by atoms with Crippen LogP contribution >= 0.6 is 0 Å². The van der Waals surface area contributed by atoms with E-state index in [1.54, 1.807) is 6.92 Å². The predicted molar refractivity (Wildman–Crippen MR) is 34.6 cm³/mol. The number of nitrogens with two attached hydrogens (primary N) is 1. The van der Waals surface area contributed by atoms with Crippen LogP contribution in [-0.2, 0) is 4.79 Å². The van der Waals surface area contributed by atoms with Crippen LogP contribution in [-0.4, -0.2) is 11.3 Å². The minimum Gasteiger partial charge on any atom is -0.298 e. The quantitative estimate of drug-likeness (QED) is 0.405. The second-order valence-corrected chi connectivity index (χ2v) is 2.64. The lowest BCUT2D eigenvalue weighted by atomic mass is 9.75. The lowest BCUT2D eigenvalue weighted by Crippen LogP contribution is -2.59. The van der Waals surface area contributed by atoms with Crippen LogP contribution in [0.4, 0.5) is 0 Å². The molecule has 0 bridgehead atoms. The Kier molecular flexibility index (Phi) is 1.55. The Hall–Kier alpha value is -0.410. The second kappa shape index (κ2) is 2.08. The molecule has 9 heavy (non-hydrogen) atoms. The monoisotopic (exact) mass is 128 g/mol. The fourth-order valence-electron chi connectivity index (χ4n) is 1.13. The van der Waals surface area contributed by atoms with Crippen LogP contribution in [0.1, 0.15) is 26.2 Å². The maximum atomic E-state index is 10.8. The van der Waals surface area contributed by atoms with Crippen molar-refractivity contribution in [3.63, 3.8) is 0 Å². The van der Waals surface area contributed by atoms with Gasteiger partial charge in [-0.2, -0.15) is 0 Å². The van der Waals surface area contributed by atoms with Crippen molar-refractivity contribution in [1.82, 2.24) is 5.43 Å². The summed E-state index contributed by atoms with van der Waals surface area (Å²) >= 11 is 0. The van der Waals surface area contributed by atoms with Crippen molar-refractivity contribution in [1.29, 1.82) is 0 Å². The van der Waals surface area contributed by atoms with Crippen LogP contribution in [0.3, 0.4) is 0 Å². The molecule has 0 unspecified atom stereocenters. The summed E-state index contributed by atoms with van der Waals surface area (Å²) in [5, 5.41) is 0. The van der Waals surface area contributed by atoms with E-state index in [-0.39, 0.29) is 11.3 Å². The fourth-order valence-corrected chi connectivity index (χ4v) is 1.13. The first-order valence-electron chi connectivity index (χ1n) is 3.20. The van der Waals surface area contributed by atoms with Gasteiger partial charge in [-0.1, -0.05) is 0 Å². The molecule has 1 rings (SSSR count). The number of carbonyl (C=O) groups is 1. The van der Waals surface area contributed by atoms with Gasteiger partial charge in [0.1, 0.15) is 0 Å². The van der Waals surface area contributed by atoms with Crippen LogP contribution in [0.25, 0.3) is 0 Å². The fraction of sp³-hybridized carbons (Fsp3) is 0.833.